The number of rotatable bonds is 3. The van der Waals surface area contributed by atoms with E-state index in [0.717, 1.165) is 0 Å². The highest BCUT2D eigenvalue weighted by molar-refractivity contribution is 4.13. The van der Waals surface area contributed by atoms with E-state index < -0.39 is 0 Å². The minimum absolute atomic E-state index is 1.48. The van der Waals surface area contributed by atoms with E-state index in [4.69, 9.17) is 9.81 Å². The largest absolute Gasteiger partial charge is 0.141 e. The molecule has 7 nitrogen and oxygen atoms in total. The zero-order chi connectivity index (χ0) is 5.54. The quantitative estimate of drug-likeness (QED) is 0.316. The Morgan fingerprint density at radius 1 is 1.29 bits per heavy atom. The van der Waals surface area contributed by atoms with Crippen LogP contribution in [0, 0.1) is 9.81 Å². The SMILES string of the molecule is O=NN=NNN=O. The topological polar surface area (TPSA) is 95.6 Å². The highest BCUT2D eigenvalue weighted by atomic mass is 16.3. The van der Waals surface area contributed by atoms with Gasteiger partial charge in [-0.05, 0) is 5.22 Å². The van der Waals surface area contributed by atoms with Gasteiger partial charge in [0.15, 0.2) is 0 Å². The van der Waals surface area contributed by atoms with Crippen LogP contribution in [-0.2, 0) is 0 Å². The Kier molecular flexibility index (Phi) is 3.68. The molecule has 0 aliphatic carbocycles. The molecule has 0 saturated heterocycles. The number of nitrogens with one attached hydrogen (secondary N) is 1. The highest BCUT2D eigenvalue weighted by Gasteiger charge is 1.63. The normalized spacial score (nSPS) is 8.57. The molecule has 0 unspecified atom stereocenters. The second-order valence-electron chi connectivity index (χ2n) is 0.462. The average molecular weight is 103 g/mol. The lowest BCUT2D eigenvalue weighted by Gasteiger charge is -1.69. The minimum Gasteiger partial charge on any atom is -0.141 e. The molecule has 0 radical (unpaired) electrons. The first-order valence-electron chi connectivity index (χ1n) is 1.21. The summed E-state index contributed by atoms with van der Waals surface area (Å²) in [7, 11) is 0. The maximum absolute atomic E-state index is 9.02. The summed E-state index contributed by atoms with van der Waals surface area (Å²) in [6.45, 7) is 0. The molecule has 0 aromatic rings. The Bertz CT molecular complexity index is 84.1. The molecule has 0 spiro atoms. The van der Waals surface area contributed by atoms with Crippen molar-refractivity contribution in [1.82, 2.24) is 5.53 Å². The number of nitrogens with zero attached hydrogens (tertiary/aromatic N) is 4. The van der Waals surface area contributed by atoms with E-state index in [1.54, 1.807) is 0 Å². The van der Waals surface area contributed by atoms with E-state index >= 15 is 0 Å². The van der Waals surface area contributed by atoms with Gasteiger partial charge in [-0.2, -0.15) is 0 Å². The average Bonchev–Trinajstić information content (AvgIpc) is 1.69. The van der Waals surface area contributed by atoms with Crippen molar-refractivity contribution in [3.63, 3.8) is 0 Å². The molecular formula is HN5O2. The zero-order valence-corrected chi connectivity index (χ0v) is 3.11. The third-order valence-electron chi connectivity index (χ3n) is 0.167. The van der Waals surface area contributed by atoms with E-state index in [1.165, 1.54) is 5.53 Å². The van der Waals surface area contributed by atoms with Crippen LogP contribution < -0.4 is 5.53 Å². The first kappa shape index (κ1) is 5.60. The lowest BCUT2D eigenvalue weighted by Crippen LogP contribution is -1.86. The van der Waals surface area contributed by atoms with Crippen LogP contribution in [0.25, 0.3) is 0 Å². The number of hydrogen-bond donors (Lipinski definition) is 1. The third kappa shape index (κ3) is 4.60. The van der Waals surface area contributed by atoms with Crippen molar-refractivity contribution in [3.05, 3.63) is 9.81 Å². The summed E-state index contributed by atoms with van der Waals surface area (Å²) in [6, 6.07) is 0. The summed E-state index contributed by atoms with van der Waals surface area (Å²) in [5.41, 5.74) is 1.48. The minimum atomic E-state index is 1.48. The van der Waals surface area contributed by atoms with Gasteiger partial charge in [0.2, 0.25) is 0 Å². The molecule has 0 atom stereocenters. The van der Waals surface area contributed by atoms with Gasteiger partial charge in [0.1, 0.15) is 5.29 Å². The van der Waals surface area contributed by atoms with Crippen LogP contribution in [0.1, 0.15) is 0 Å². The Hall–Kier alpha value is -1.40. The van der Waals surface area contributed by atoms with Gasteiger partial charge in [-0.15, -0.1) is 15.3 Å². The molecule has 0 heterocycles. The van der Waals surface area contributed by atoms with Crippen LogP contribution in [-0.4, -0.2) is 0 Å². The molecule has 0 amide bonds. The lowest BCUT2D eigenvalue weighted by molar-refractivity contribution is 0.714. The van der Waals surface area contributed by atoms with Crippen LogP contribution >= 0.6 is 0 Å². The van der Waals surface area contributed by atoms with Crippen molar-refractivity contribution >= 4 is 0 Å². The molecule has 0 rings (SSSR count). The maximum atomic E-state index is 9.02. The smallest absolute Gasteiger partial charge is 0.102 e. The molecule has 7 heteroatoms. The predicted octanol–water partition coefficient (Wildman–Crippen LogP) is 0.306. The first-order chi connectivity index (χ1) is 3.41. The van der Waals surface area contributed by atoms with E-state index in [-0.39, 0.29) is 0 Å². The van der Waals surface area contributed by atoms with Gasteiger partial charge in [0.05, 0.1) is 5.29 Å². The van der Waals surface area contributed by atoms with Gasteiger partial charge in [0, 0.05) is 5.22 Å². The fourth-order valence-corrected chi connectivity index (χ4v) is 0.0565. The van der Waals surface area contributed by atoms with Crippen LogP contribution in [0.5, 0.6) is 0 Å². The molecule has 0 saturated carbocycles. The molecule has 38 valence electrons. The summed E-state index contributed by atoms with van der Waals surface area (Å²) >= 11 is 0. The molecule has 0 aliphatic rings. The van der Waals surface area contributed by atoms with E-state index in [1.807, 2.05) is 10.6 Å². The zero-order valence-electron chi connectivity index (χ0n) is 3.11. The first-order valence-corrected chi connectivity index (χ1v) is 1.21. The van der Waals surface area contributed by atoms with Crippen molar-refractivity contribution < 1.29 is 0 Å². The van der Waals surface area contributed by atoms with Gasteiger partial charge >= 0.3 is 0 Å². The second-order valence-corrected chi connectivity index (χ2v) is 0.462. The Morgan fingerprint density at radius 2 is 2.00 bits per heavy atom. The van der Waals surface area contributed by atoms with Gasteiger partial charge in [-0.3, -0.25) is 0 Å². The number of nitroso groups, excluding NO2 is 2. The van der Waals surface area contributed by atoms with Crippen LogP contribution in [0.3, 0.4) is 0 Å². The van der Waals surface area contributed by atoms with Crippen LogP contribution in [0.15, 0.2) is 21.0 Å². The van der Waals surface area contributed by atoms with E-state index in [9.17, 15) is 0 Å². The number of hydrogen-bond acceptors (Lipinski definition) is 4. The molecule has 0 aromatic heterocycles. The highest BCUT2D eigenvalue weighted by Crippen LogP contribution is 1.66. The standard InChI is InChI=1S/HN5O2/c6-4-2-1-3-5-7/h(H,2,3,6,7). The van der Waals surface area contributed by atoms with Crippen LogP contribution in [0.2, 0.25) is 0 Å². The van der Waals surface area contributed by atoms with Gasteiger partial charge in [-0.25, -0.2) is 0 Å². The fourth-order valence-electron chi connectivity index (χ4n) is 0.0565. The third-order valence-corrected chi connectivity index (χ3v) is 0.167. The summed E-state index contributed by atoms with van der Waals surface area (Å²) < 4.78 is 0. The molecule has 0 aliphatic heterocycles. The maximum Gasteiger partial charge on any atom is 0.102 e. The fraction of sp³-hybridized carbons (Fsp3) is 0. The van der Waals surface area contributed by atoms with Gasteiger partial charge < -0.3 is 0 Å². The monoisotopic (exact) mass is 103 g/mol. The van der Waals surface area contributed by atoms with Crippen molar-refractivity contribution in [2.45, 2.75) is 0 Å². The van der Waals surface area contributed by atoms with Gasteiger partial charge in [-0.1, -0.05) is 0 Å². The van der Waals surface area contributed by atoms with Crippen molar-refractivity contribution in [3.8, 4) is 0 Å². The molecule has 0 bridgehead atoms. The van der Waals surface area contributed by atoms with Crippen molar-refractivity contribution in [1.29, 1.82) is 0 Å². The molecule has 0 fully saturated rings. The summed E-state index contributed by atoms with van der Waals surface area (Å²) in [6.07, 6.45) is 0. The summed E-state index contributed by atoms with van der Waals surface area (Å²) in [4.78, 5) is 18.0. The van der Waals surface area contributed by atoms with E-state index in [2.05, 4.69) is 10.4 Å². The summed E-state index contributed by atoms with van der Waals surface area (Å²) in [5, 5.41) is 9.01. The molecule has 7 heavy (non-hydrogen) atoms. The predicted molar refractivity (Wildman–Crippen MR) is 19.6 cm³/mol. The molecular weight excluding hydrogens is 102 g/mol. The van der Waals surface area contributed by atoms with Crippen LogP contribution in [0.4, 0.5) is 0 Å². The van der Waals surface area contributed by atoms with Crippen molar-refractivity contribution in [2.24, 2.45) is 21.0 Å². The van der Waals surface area contributed by atoms with E-state index in [0.29, 0.717) is 0 Å². The lowest BCUT2D eigenvalue weighted by atomic mass is 12.4. The Labute approximate surface area is 37.7 Å². The van der Waals surface area contributed by atoms with Crippen molar-refractivity contribution in [2.75, 3.05) is 0 Å². The molecule has 1 N–H and O–H groups in total. The Morgan fingerprint density at radius 3 is 2.43 bits per heavy atom. The van der Waals surface area contributed by atoms with Gasteiger partial charge in [0.25, 0.3) is 0 Å². The summed E-state index contributed by atoms with van der Waals surface area (Å²) in [5.74, 6) is 0. The molecule has 0 aromatic carbocycles. The second kappa shape index (κ2) is 4.60. The Balaban J connectivity index is 3.08.